The molecule has 0 unspecified atom stereocenters. The van der Waals surface area contributed by atoms with Gasteiger partial charge in [0.25, 0.3) is 0 Å². The van der Waals surface area contributed by atoms with Crippen LogP contribution in [-0.2, 0) is 13.2 Å². The summed E-state index contributed by atoms with van der Waals surface area (Å²) >= 11 is 0. The van der Waals surface area contributed by atoms with Gasteiger partial charge in [-0.1, -0.05) is 108 Å². The highest BCUT2D eigenvalue weighted by Gasteiger charge is 2.17. The van der Waals surface area contributed by atoms with Crippen molar-refractivity contribution in [2.75, 3.05) is 6.54 Å². The lowest BCUT2D eigenvalue weighted by Gasteiger charge is -2.26. The van der Waals surface area contributed by atoms with E-state index in [1.807, 2.05) is 22.9 Å². The van der Waals surface area contributed by atoms with Crippen molar-refractivity contribution in [1.29, 1.82) is 0 Å². The molecule has 0 atom stereocenters. The summed E-state index contributed by atoms with van der Waals surface area (Å²) in [7, 11) is 0. The molecule has 0 saturated heterocycles. The van der Waals surface area contributed by atoms with Gasteiger partial charge in [-0.2, -0.15) is 0 Å². The van der Waals surface area contributed by atoms with Crippen LogP contribution in [0.3, 0.4) is 0 Å². The van der Waals surface area contributed by atoms with Gasteiger partial charge in [0.1, 0.15) is 5.52 Å². The van der Waals surface area contributed by atoms with Crippen molar-refractivity contribution in [3.8, 4) is 0 Å². The fourth-order valence-corrected chi connectivity index (χ4v) is 4.46. The van der Waals surface area contributed by atoms with E-state index in [2.05, 4.69) is 112 Å². The Balaban J connectivity index is 1.40. The molecule has 5 rings (SSSR count). The quantitative estimate of drug-likeness (QED) is 0.282. The van der Waals surface area contributed by atoms with Crippen LogP contribution in [0.1, 0.15) is 29.0 Å². The molecular formula is C29H28N4. The first-order chi connectivity index (χ1) is 16.4. The lowest BCUT2D eigenvalue weighted by molar-refractivity contribution is 0.195. The molecule has 0 bridgehead atoms. The zero-order valence-electron chi connectivity index (χ0n) is 18.7. The number of rotatable bonds is 9. The minimum Gasteiger partial charge on any atom is -0.280 e. The standard InChI is InChI=1S/C29H28N4/c1-4-12-24(13-5-1)22-32(23-33-29-19-11-10-18-28(29)30-31-33)21-20-27(25-14-6-2-7-15-25)26-16-8-3-9-17-26/h1-19,27H,20-23H2. The van der Waals surface area contributed by atoms with Crippen LogP contribution in [0.25, 0.3) is 11.0 Å². The first-order valence-corrected chi connectivity index (χ1v) is 11.5. The van der Waals surface area contributed by atoms with Crippen LogP contribution in [0.5, 0.6) is 0 Å². The molecule has 0 spiro atoms. The second-order valence-electron chi connectivity index (χ2n) is 8.42. The molecule has 0 fully saturated rings. The third-order valence-corrected chi connectivity index (χ3v) is 6.14. The zero-order valence-corrected chi connectivity index (χ0v) is 18.7. The Labute approximate surface area is 195 Å². The second kappa shape index (κ2) is 10.2. The normalized spacial score (nSPS) is 11.5. The predicted octanol–water partition coefficient (Wildman–Crippen LogP) is 6.11. The van der Waals surface area contributed by atoms with Crippen LogP contribution >= 0.6 is 0 Å². The maximum Gasteiger partial charge on any atom is 0.113 e. The van der Waals surface area contributed by atoms with Crippen molar-refractivity contribution in [3.05, 3.63) is 132 Å². The van der Waals surface area contributed by atoms with Gasteiger partial charge in [0.15, 0.2) is 0 Å². The van der Waals surface area contributed by atoms with E-state index in [-0.39, 0.29) is 0 Å². The Hall–Kier alpha value is -3.76. The minimum absolute atomic E-state index is 0.346. The summed E-state index contributed by atoms with van der Waals surface area (Å²) in [5.74, 6) is 0.346. The number of benzene rings is 4. The lowest BCUT2D eigenvalue weighted by atomic mass is 9.88. The maximum atomic E-state index is 4.45. The smallest absolute Gasteiger partial charge is 0.113 e. The average molecular weight is 433 g/mol. The van der Waals surface area contributed by atoms with E-state index in [9.17, 15) is 0 Å². The molecule has 1 heterocycles. The molecule has 164 valence electrons. The number of hydrogen-bond donors (Lipinski definition) is 0. The molecule has 1 aromatic heterocycles. The fourth-order valence-electron chi connectivity index (χ4n) is 4.46. The largest absolute Gasteiger partial charge is 0.280 e. The summed E-state index contributed by atoms with van der Waals surface area (Å²) in [5.41, 5.74) is 6.02. The van der Waals surface area contributed by atoms with Gasteiger partial charge in [0.2, 0.25) is 0 Å². The van der Waals surface area contributed by atoms with Crippen molar-refractivity contribution in [2.24, 2.45) is 0 Å². The average Bonchev–Trinajstić information content (AvgIpc) is 3.29. The molecule has 0 aliphatic carbocycles. The fraction of sp³-hybridized carbons (Fsp3) is 0.172. The number of aromatic nitrogens is 3. The summed E-state index contributed by atoms with van der Waals surface area (Å²) in [5, 5.41) is 8.80. The first-order valence-electron chi connectivity index (χ1n) is 11.5. The third kappa shape index (κ3) is 5.18. The third-order valence-electron chi connectivity index (χ3n) is 6.14. The van der Waals surface area contributed by atoms with Gasteiger partial charge < -0.3 is 0 Å². The number of nitrogens with zero attached hydrogens (tertiary/aromatic N) is 4. The van der Waals surface area contributed by atoms with Crippen LogP contribution in [0.4, 0.5) is 0 Å². The number of hydrogen-bond acceptors (Lipinski definition) is 3. The van der Waals surface area contributed by atoms with Gasteiger partial charge in [-0.3, -0.25) is 4.90 Å². The first kappa shape index (κ1) is 21.1. The van der Waals surface area contributed by atoms with Crippen LogP contribution in [0, 0.1) is 0 Å². The molecule has 0 amide bonds. The zero-order chi connectivity index (χ0) is 22.3. The van der Waals surface area contributed by atoms with E-state index in [0.717, 1.165) is 30.5 Å². The maximum absolute atomic E-state index is 4.45. The second-order valence-corrected chi connectivity index (χ2v) is 8.42. The Bertz CT molecular complexity index is 1230. The Morgan fingerprint density at radius 2 is 1.24 bits per heavy atom. The van der Waals surface area contributed by atoms with Crippen molar-refractivity contribution in [1.82, 2.24) is 19.9 Å². The van der Waals surface area contributed by atoms with E-state index in [4.69, 9.17) is 0 Å². The summed E-state index contributed by atoms with van der Waals surface area (Å²) in [6.07, 6.45) is 1.02. The van der Waals surface area contributed by atoms with Crippen LogP contribution in [-0.4, -0.2) is 26.4 Å². The van der Waals surface area contributed by atoms with Gasteiger partial charge in [0, 0.05) is 19.0 Å². The molecule has 0 aliphatic rings. The van der Waals surface area contributed by atoms with Crippen LogP contribution in [0.2, 0.25) is 0 Å². The SMILES string of the molecule is c1ccc(CN(CCC(c2ccccc2)c2ccccc2)Cn2nnc3ccccc32)cc1. The van der Waals surface area contributed by atoms with E-state index in [1.165, 1.54) is 16.7 Å². The highest BCUT2D eigenvalue weighted by molar-refractivity contribution is 5.73. The highest BCUT2D eigenvalue weighted by atomic mass is 15.5. The van der Waals surface area contributed by atoms with Gasteiger partial charge in [-0.15, -0.1) is 5.10 Å². The van der Waals surface area contributed by atoms with Gasteiger partial charge in [0.05, 0.1) is 12.2 Å². The van der Waals surface area contributed by atoms with E-state index in [0.29, 0.717) is 12.6 Å². The number of para-hydroxylation sites is 1. The molecular weight excluding hydrogens is 404 g/mol. The topological polar surface area (TPSA) is 34.0 Å². The number of fused-ring (bicyclic) bond motifs is 1. The van der Waals surface area contributed by atoms with Crippen LogP contribution in [0.15, 0.2) is 115 Å². The van der Waals surface area contributed by atoms with Crippen molar-refractivity contribution in [3.63, 3.8) is 0 Å². The lowest BCUT2D eigenvalue weighted by Crippen LogP contribution is -2.29. The summed E-state index contributed by atoms with van der Waals surface area (Å²) in [6, 6.07) is 40.5. The van der Waals surface area contributed by atoms with Gasteiger partial charge in [-0.05, 0) is 35.2 Å². The monoisotopic (exact) mass is 432 g/mol. The molecule has 5 aromatic rings. The minimum atomic E-state index is 0.346. The molecule has 4 nitrogen and oxygen atoms in total. The van der Waals surface area contributed by atoms with Crippen molar-refractivity contribution >= 4 is 11.0 Å². The molecule has 0 N–H and O–H groups in total. The summed E-state index contributed by atoms with van der Waals surface area (Å²) < 4.78 is 2.01. The van der Waals surface area contributed by atoms with E-state index in [1.54, 1.807) is 0 Å². The Kier molecular flexibility index (Phi) is 6.55. The summed E-state index contributed by atoms with van der Waals surface area (Å²) in [4.78, 5) is 2.47. The van der Waals surface area contributed by atoms with Crippen molar-refractivity contribution < 1.29 is 0 Å². The Morgan fingerprint density at radius 1 is 0.667 bits per heavy atom. The molecule has 0 aliphatic heterocycles. The Morgan fingerprint density at radius 3 is 1.91 bits per heavy atom. The summed E-state index contributed by atoms with van der Waals surface area (Å²) in [6.45, 7) is 2.51. The molecule has 33 heavy (non-hydrogen) atoms. The molecule has 0 saturated carbocycles. The highest BCUT2D eigenvalue weighted by Crippen LogP contribution is 2.28. The van der Waals surface area contributed by atoms with E-state index < -0.39 is 0 Å². The molecule has 0 radical (unpaired) electrons. The van der Waals surface area contributed by atoms with E-state index >= 15 is 0 Å². The molecule has 4 aromatic carbocycles. The predicted molar refractivity (Wildman–Crippen MR) is 134 cm³/mol. The van der Waals surface area contributed by atoms with Gasteiger partial charge >= 0.3 is 0 Å². The van der Waals surface area contributed by atoms with Gasteiger partial charge in [-0.25, -0.2) is 4.68 Å². The molecule has 4 heteroatoms. The van der Waals surface area contributed by atoms with Crippen LogP contribution < -0.4 is 0 Å². The van der Waals surface area contributed by atoms with Crippen molar-refractivity contribution in [2.45, 2.75) is 25.6 Å².